The lowest BCUT2D eigenvalue weighted by Crippen LogP contribution is -2.45. The van der Waals surface area contributed by atoms with Crippen LogP contribution in [0.4, 0.5) is 9.18 Å². The number of amides is 1. The molecule has 3 rings (SSSR count). The summed E-state index contributed by atoms with van der Waals surface area (Å²) in [6.07, 6.45) is -0.474. The summed E-state index contributed by atoms with van der Waals surface area (Å²) in [5.41, 5.74) is -2.11. The molecule has 8 heteroatoms. The SMILES string of the molecule is CC(C)(C)OC(=O)N[C@]1(C=O)[C@H](c2ccc(F)cc2)[C@H]1S(=O)(=O)c1ccccc1. The van der Waals surface area contributed by atoms with E-state index in [2.05, 4.69) is 5.32 Å². The molecule has 0 radical (unpaired) electrons. The van der Waals surface area contributed by atoms with Crippen molar-refractivity contribution in [1.29, 1.82) is 0 Å². The molecule has 1 aliphatic rings. The van der Waals surface area contributed by atoms with Crippen molar-refractivity contribution >= 4 is 22.2 Å². The first-order valence-corrected chi connectivity index (χ1v) is 10.6. The topological polar surface area (TPSA) is 89.5 Å². The molecule has 0 heterocycles. The van der Waals surface area contributed by atoms with Gasteiger partial charge in [0.15, 0.2) is 9.84 Å². The minimum Gasteiger partial charge on any atom is -0.444 e. The zero-order valence-electron chi connectivity index (χ0n) is 16.3. The fourth-order valence-electron chi connectivity index (χ4n) is 3.49. The zero-order chi connectivity index (χ0) is 21.4. The number of nitrogens with one attached hydrogen (secondary N) is 1. The number of carbonyl (C=O) groups is 2. The highest BCUT2D eigenvalue weighted by atomic mass is 32.2. The maximum Gasteiger partial charge on any atom is 0.408 e. The standard InChI is InChI=1S/C21H22FNO5S/c1-20(2,3)28-19(25)23-21(13-24)17(14-9-11-15(22)12-10-14)18(21)29(26,27)16-7-5-4-6-8-16/h4-13,17-18H,1-3H3,(H,23,25)/t17-,18-,21-/m1/s1. The van der Waals surface area contributed by atoms with E-state index in [1.54, 1.807) is 39.0 Å². The molecule has 1 saturated carbocycles. The monoisotopic (exact) mass is 419 g/mol. The van der Waals surface area contributed by atoms with Crippen molar-refractivity contribution < 1.29 is 27.1 Å². The molecule has 0 bridgehead atoms. The van der Waals surface area contributed by atoms with E-state index in [0.717, 1.165) is 0 Å². The van der Waals surface area contributed by atoms with Gasteiger partial charge in [-0.15, -0.1) is 0 Å². The first-order chi connectivity index (χ1) is 13.5. The minimum absolute atomic E-state index is 0.0341. The average molecular weight is 419 g/mol. The predicted octanol–water partition coefficient (Wildman–Crippen LogP) is 3.23. The van der Waals surface area contributed by atoms with Gasteiger partial charge in [-0.1, -0.05) is 30.3 Å². The van der Waals surface area contributed by atoms with Crippen molar-refractivity contribution in [2.45, 2.75) is 48.0 Å². The van der Waals surface area contributed by atoms with Crippen molar-refractivity contribution in [1.82, 2.24) is 5.32 Å². The Kier molecular flexibility index (Phi) is 5.25. The molecule has 2 aromatic rings. The zero-order valence-corrected chi connectivity index (χ0v) is 17.1. The highest BCUT2D eigenvalue weighted by Crippen LogP contribution is 2.56. The molecule has 29 heavy (non-hydrogen) atoms. The Morgan fingerprint density at radius 2 is 1.69 bits per heavy atom. The normalized spacial score (nSPS) is 23.9. The van der Waals surface area contributed by atoms with E-state index in [4.69, 9.17) is 4.74 Å². The van der Waals surface area contributed by atoms with E-state index in [-0.39, 0.29) is 4.90 Å². The average Bonchev–Trinajstić information content (AvgIpc) is 3.31. The highest BCUT2D eigenvalue weighted by Gasteiger charge is 2.73. The summed E-state index contributed by atoms with van der Waals surface area (Å²) in [6.45, 7) is 4.97. The summed E-state index contributed by atoms with van der Waals surface area (Å²) in [5, 5.41) is 1.22. The largest absolute Gasteiger partial charge is 0.444 e. The number of halogens is 1. The number of ether oxygens (including phenoxy) is 1. The van der Waals surface area contributed by atoms with Gasteiger partial charge >= 0.3 is 6.09 Å². The van der Waals surface area contributed by atoms with Crippen LogP contribution >= 0.6 is 0 Å². The van der Waals surface area contributed by atoms with Gasteiger partial charge in [0, 0.05) is 5.92 Å². The maximum atomic E-state index is 13.4. The lowest BCUT2D eigenvalue weighted by molar-refractivity contribution is -0.110. The Morgan fingerprint density at radius 1 is 1.10 bits per heavy atom. The third-order valence-corrected chi connectivity index (χ3v) is 6.99. The second-order valence-corrected chi connectivity index (χ2v) is 10.1. The van der Waals surface area contributed by atoms with Crippen molar-refractivity contribution in [3.8, 4) is 0 Å². The third-order valence-electron chi connectivity index (χ3n) is 4.73. The number of benzene rings is 2. The number of sulfone groups is 1. The number of aldehydes is 1. The molecule has 0 spiro atoms. The molecule has 1 aliphatic carbocycles. The Bertz CT molecular complexity index is 1020. The third kappa shape index (κ3) is 4.03. The molecule has 3 atom stereocenters. The molecule has 1 amide bonds. The Morgan fingerprint density at radius 3 is 2.21 bits per heavy atom. The van der Waals surface area contributed by atoms with E-state index in [9.17, 15) is 22.4 Å². The Hall–Kier alpha value is -2.74. The molecule has 6 nitrogen and oxygen atoms in total. The van der Waals surface area contributed by atoms with Crippen LogP contribution in [0.3, 0.4) is 0 Å². The van der Waals surface area contributed by atoms with Crippen LogP contribution in [0.5, 0.6) is 0 Å². The van der Waals surface area contributed by atoms with Gasteiger partial charge in [0.05, 0.1) is 4.90 Å². The fraction of sp³-hybridized carbons (Fsp3) is 0.333. The summed E-state index contributed by atoms with van der Waals surface area (Å²) in [5.74, 6) is -1.37. The summed E-state index contributed by atoms with van der Waals surface area (Å²) < 4.78 is 45.1. The quantitative estimate of drug-likeness (QED) is 0.752. The number of carbonyl (C=O) groups excluding carboxylic acids is 2. The van der Waals surface area contributed by atoms with Crippen LogP contribution in [0.25, 0.3) is 0 Å². The number of rotatable bonds is 5. The van der Waals surface area contributed by atoms with Crippen LogP contribution in [0.15, 0.2) is 59.5 Å². The van der Waals surface area contributed by atoms with Crippen LogP contribution in [-0.4, -0.2) is 37.2 Å². The van der Waals surface area contributed by atoms with E-state index < -0.39 is 44.1 Å². The first kappa shape index (κ1) is 21.0. The maximum absolute atomic E-state index is 13.4. The van der Waals surface area contributed by atoms with E-state index in [0.29, 0.717) is 11.8 Å². The van der Waals surface area contributed by atoms with E-state index in [1.807, 2.05) is 0 Å². The van der Waals surface area contributed by atoms with Crippen molar-refractivity contribution in [3.63, 3.8) is 0 Å². The van der Waals surface area contributed by atoms with E-state index in [1.165, 1.54) is 36.4 Å². The summed E-state index contributed by atoms with van der Waals surface area (Å²) in [7, 11) is -3.98. The first-order valence-electron chi connectivity index (χ1n) is 9.03. The van der Waals surface area contributed by atoms with Crippen LogP contribution in [0.2, 0.25) is 0 Å². The van der Waals surface area contributed by atoms with Crippen molar-refractivity contribution in [3.05, 3.63) is 66.0 Å². The molecule has 0 saturated heterocycles. The Labute approximate surface area is 169 Å². The second kappa shape index (κ2) is 7.26. The van der Waals surface area contributed by atoms with Crippen molar-refractivity contribution in [2.75, 3.05) is 0 Å². The van der Waals surface area contributed by atoms with Crippen LogP contribution in [0.1, 0.15) is 32.3 Å². The van der Waals surface area contributed by atoms with Gasteiger partial charge in [-0.25, -0.2) is 17.6 Å². The minimum atomic E-state index is -3.98. The van der Waals surface area contributed by atoms with Crippen LogP contribution in [0, 0.1) is 5.82 Å². The van der Waals surface area contributed by atoms with Crippen LogP contribution < -0.4 is 5.32 Å². The molecule has 154 valence electrons. The lowest BCUT2D eigenvalue weighted by Gasteiger charge is -2.22. The molecule has 1 fully saturated rings. The van der Waals surface area contributed by atoms with E-state index >= 15 is 0 Å². The summed E-state index contributed by atoms with van der Waals surface area (Å²) in [6, 6.07) is 12.9. The van der Waals surface area contributed by atoms with Gasteiger partial charge < -0.3 is 14.8 Å². The molecule has 0 aromatic heterocycles. The molecule has 0 aliphatic heterocycles. The van der Waals surface area contributed by atoms with Gasteiger partial charge in [0.1, 0.15) is 28.5 Å². The van der Waals surface area contributed by atoms with Crippen LogP contribution in [-0.2, 0) is 19.4 Å². The Balaban J connectivity index is 2.04. The van der Waals surface area contributed by atoms with Gasteiger partial charge in [0.25, 0.3) is 0 Å². The molecule has 2 aromatic carbocycles. The molecule has 1 N–H and O–H groups in total. The number of alkyl carbamates (subject to hydrolysis) is 1. The second-order valence-electron chi connectivity index (χ2n) is 7.99. The molecular weight excluding hydrogens is 397 g/mol. The van der Waals surface area contributed by atoms with Gasteiger partial charge in [0.2, 0.25) is 0 Å². The molecular formula is C21H22FNO5S. The summed E-state index contributed by atoms with van der Waals surface area (Å²) >= 11 is 0. The highest BCUT2D eigenvalue weighted by molar-refractivity contribution is 7.92. The summed E-state index contributed by atoms with van der Waals surface area (Å²) in [4.78, 5) is 24.5. The van der Waals surface area contributed by atoms with Gasteiger partial charge in [-0.3, -0.25) is 0 Å². The van der Waals surface area contributed by atoms with Gasteiger partial charge in [-0.2, -0.15) is 0 Å². The van der Waals surface area contributed by atoms with Gasteiger partial charge in [-0.05, 0) is 50.6 Å². The van der Waals surface area contributed by atoms with Crippen molar-refractivity contribution in [2.24, 2.45) is 0 Å². The lowest BCUT2D eigenvalue weighted by atomic mass is 10.1. The smallest absolute Gasteiger partial charge is 0.408 e. The number of hydrogen-bond acceptors (Lipinski definition) is 5. The predicted molar refractivity (Wildman–Crippen MR) is 105 cm³/mol. The number of hydrogen-bond donors (Lipinski definition) is 1. The molecule has 0 unspecified atom stereocenters. The fourth-order valence-corrected chi connectivity index (χ4v) is 5.75.